The molecule has 1 saturated heterocycles. The van der Waals surface area contributed by atoms with E-state index >= 15 is 0 Å². The number of amides is 1. The minimum absolute atomic E-state index is 0.112. The number of nitrogens with one attached hydrogen (secondary N) is 1. The van der Waals surface area contributed by atoms with Crippen molar-refractivity contribution in [3.8, 4) is 5.75 Å². The minimum atomic E-state index is -3.59. The topological polar surface area (TPSA) is 75.7 Å². The average molecular weight is 403 g/mol. The lowest BCUT2D eigenvalue weighted by atomic mass is 9.98. The molecule has 1 heterocycles. The van der Waals surface area contributed by atoms with E-state index in [9.17, 15) is 13.2 Å². The van der Waals surface area contributed by atoms with Crippen molar-refractivity contribution in [3.05, 3.63) is 60.2 Å². The summed E-state index contributed by atoms with van der Waals surface area (Å²) in [7, 11) is -3.59. The van der Waals surface area contributed by atoms with Crippen LogP contribution in [-0.4, -0.2) is 45.5 Å². The number of para-hydroxylation sites is 1. The molecule has 1 amide bonds. The summed E-state index contributed by atoms with van der Waals surface area (Å²) in [4.78, 5) is 14.8. The van der Waals surface area contributed by atoms with Gasteiger partial charge in [0.15, 0.2) is 0 Å². The molecule has 2 aromatic rings. The van der Waals surface area contributed by atoms with Crippen molar-refractivity contribution in [2.24, 2.45) is 5.92 Å². The largest absolute Gasteiger partial charge is 0.493 e. The van der Waals surface area contributed by atoms with Crippen molar-refractivity contribution in [1.29, 1.82) is 0 Å². The Balaban J connectivity index is 1.65. The highest BCUT2D eigenvalue weighted by molar-refractivity contribution is 7.89. The molecule has 1 unspecified atom stereocenters. The predicted octanol–water partition coefficient (Wildman–Crippen LogP) is 2.92. The van der Waals surface area contributed by atoms with Crippen LogP contribution in [0.25, 0.3) is 0 Å². The summed E-state index contributed by atoms with van der Waals surface area (Å²) in [6.45, 7) is 3.86. The molecule has 3 rings (SSSR count). The lowest BCUT2D eigenvalue weighted by Gasteiger charge is -2.32. The number of likely N-dealkylation sites (tertiary alicyclic amines) is 1. The van der Waals surface area contributed by atoms with Crippen molar-refractivity contribution in [1.82, 2.24) is 9.62 Å². The summed E-state index contributed by atoms with van der Waals surface area (Å²) in [6, 6.07) is 15.9. The van der Waals surface area contributed by atoms with Crippen LogP contribution in [-0.2, 0) is 10.0 Å². The highest BCUT2D eigenvalue weighted by Gasteiger charge is 2.26. The van der Waals surface area contributed by atoms with Crippen LogP contribution >= 0.6 is 0 Å². The Morgan fingerprint density at radius 3 is 2.71 bits per heavy atom. The van der Waals surface area contributed by atoms with E-state index < -0.39 is 10.0 Å². The molecule has 150 valence electrons. The van der Waals surface area contributed by atoms with Gasteiger partial charge in [0, 0.05) is 31.1 Å². The maximum Gasteiger partial charge on any atom is 0.253 e. The van der Waals surface area contributed by atoms with Gasteiger partial charge >= 0.3 is 0 Å². The molecule has 1 N–H and O–H groups in total. The van der Waals surface area contributed by atoms with Crippen LogP contribution in [0.3, 0.4) is 0 Å². The highest BCUT2D eigenvalue weighted by atomic mass is 32.2. The maximum atomic E-state index is 12.9. The van der Waals surface area contributed by atoms with Crippen LogP contribution in [0.5, 0.6) is 5.75 Å². The fraction of sp³-hybridized carbons (Fsp3) is 0.381. The molecule has 28 heavy (non-hydrogen) atoms. The van der Waals surface area contributed by atoms with Gasteiger partial charge in [0.05, 0.1) is 11.5 Å². The first-order valence-electron chi connectivity index (χ1n) is 9.56. The molecule has 1 atom stereocenters. The standard InChI is InChI=1S/C21H26N2O4S/c1-2-22-28(25,26)20-12-6-9-18(14-20)21(24)23-13-7-8-17(15-23)16-27-19-10-4-3-5-11-19/h3-6,9-12,14,17,22H,2,7-8,13,15-16H2,1H3. The van der Waals surface area contributed by atoms with Gasteiger partial charge in [-0.2, -0.15) is 0 Å². The molecule has 0 spiro atoms. The zero-order chi connectivity index (χ0) is 20.0. The van der Waals surface area contributed by atoms with Gasteiger partial charge in [-0.1, -0.05) is 31.2 Å². The number of sulfonamides is 1. The van der Waals surface area contributed by atoms with E-state index in [-0.39, 0.29) is 16.7 Å². The molecule has 2 aromatic carbocycles. The van der Waals surface area contributed by atoms with E-state index in [1.807, 2.05) is 30.3 Å². The van der Waals surface area contributed by atoms with E-state index in [4.69, 9.17) is 4.74 Å². The van der Waals surface area contributed by atoms with Crippen LogP contribution < -0.4 is 9.46 Å². The number of benzene rings is 2. The van der Waals surface area contributed by atoms with Crippen LogP contribution in [0.2, 0.25) is 0 Å². The monoisotopic (exact) mass is 402 g/mol. The summed E-state index contributed by atoms with van der Waals surface area (Å²) >= 11 is 0. The van der Waals surface area contributed by atoms with E-state index in [1.54, 1.807) is 24.0 Å². The first-order valence-corrected chi connectivity index (χ1v) is 11.0. The van der Waals surface area contributed by atoms with Crippen LogP contribution in [0.15, 0.2) is 59.5 Å². The maximum absolute atomic E-state index is 12.9. The number of carbonyl (C=O) groups is 1. The molecule has 0 bridgehead atoms. The molecule has 1 fully saturated rings. The van der Waals surface area contributed by atoms with Gasteiger partial charge in [-0.25, -0.2) is 13.1 Å². The smallest absolute Gasteiger partial charge is 0.253 e. The van der Waals surface area contributed by atoms with Crippen LogP contribution in [0.4, 0.5) is 0 Å². The molecule has 0 radical (unpaired) electrons. The third kappa shape index (κ3) is 5.11. The highest BCUT2D eigenvalue weighted by Crippen LogP contribution is 2.21. The number of hydrogen-bond donors (Lipinski definition) is 1. The van der Waals surface area contributed by atoms with Crippen molar-refractivity contribution in [2.45, 2.75) is 24.7 Å². The van der Waals surface area contributed by atoms with Crippen molar-refractivity contribution in [2.75, 3.05) is 26.2 Å². The zero-order valence-corrected chi connectivity index (χ0v) is 16.8. The normalized spacial score (nSPS) is 17.3. The lowest BCUT2D eigenvalue weighted by molar-refractivity contribution is 0.0633. The Kier molecular flexibility index (Phi) is 6.70. The molecule has 0 aliphatic carbocycles. The average Bonchev–Trinajstić information content (AvgIpc) is 2.73. The number of rotatable bonds is 7. The van der Waals surface area contributed by atoms with Crippen molar-refractivity contribution in [3.63, 3.8) is 0 Å². The van der Waals surface area contributed by atoms with Gasteiger partial charge in [-0.3, -0.25) is 4.79 Å². The first kappa shape index (κ1) is 20.4. The molecular weight excluding hydrogens is 376 g/mol. The summed E-state index contributed by atoms with van der Waals surface area (Å²) in [5, 5.41) is 0. The van der Waals surface area contributed by atoms with Gasteiger partial charge < -0.3 is 9.64 Å². The van der Waals surface area contributed by atoms with E-state index in [0.29, 0.717) is 31.8 Å². The fourth-order valence-electron chi connectivity index (χ4n) is 3.37. The van der Waals surface area contributed by atoms with Gasteiger partial charge in [0.2, 0.25) is 10.0 Å². The van der Waals surface area contributed by atoms with Crippen molar-refractivity contribution >= 4 is 15.9 Å². The zero-order valence-electron chi connectivity index (χ0n) is 16.0. The van der Waals surface area contributed by atoms with E-state index in [2.05, 4.69) is 4.72 Å². The van der Waals surface area contributed by atoms with Crippen molar-refractivity contribution < 1.29 is 17.9 Å². The molecule has 1 aliphatic rings. The van der Waals surface area contributed by atoms with Crippen LogP contribution in [0.1, 0.15) is 30.1 Å². The number of hydrogen-bond acceptors (Lipinski definition) is 4. The molecule has 1 aliphatic heterocycles. The van der Waals surface area contributed by atoms with Gasteiger partial charge in [-0.05, 0) is 43.2 Å². The second-order valence-corrected chi connectivity index (χ2v) is 8.68. The summed E-state index contributed by atoms with van der Waals surface area (Å²) in [6.07, 6.45) is 1.91. The molecule has 6 nitrogen and oxygen atoms in total. The predicted molar refractivity (Wildman–Crippen MR) is 108 cm³/mol. The number of ether oxygens (including phenoxy) is 1. The summed E-state index contributed by atoms with van der Waals surface area (Å²) in [5.41, 5.74) is 0.392. The third-order valence-corrected chi connectivity index (χ3v) is 6.30. The molecule has 7 heteroatoms. The second-order valence-electron chi connectivity index (χ2n) is 6.91. The second kappa shape index (κ2) is 9.21. The summed E-state index contributed by atoms with van der Waals surface area (Å²) in [5.74, 6) is 0.942. The third-order valence-electron chi connectivity index (χ3n) is 4.76. The Morgan fingerprint density at radius 1 is 1.18 bits per heavy atom. The molecule has 0 aromatic heterocycles. The van der Waals surface area contributed by atoms with Gasteiger partial charge in [0.25, 0.3) is 5.91 Å². The Hall–Kier alpha value is -2.38. The van der Waals surface area contributed by atoms with Gasteiger partial charge in [-0.15, -0.1) is 0 Å². The van der Waals surface area contributed by atoms with Crippen LogP contribution in [0, 0.1) is 5.92 Å². The minimum Gasteiger partial charge on any atom is -0.493 e. The SMILES string of the molecule is CCNS(=O)(=O)c1cccc(C(=O)N2CCCC(COc3ccccc3)C2)c1. The Morgan fingerprint density at radius 2 is 1.96 bits per heavy atom. The lowest BCUT2D eigenvalue weighted by Crippen LogP contribution is -2.41. The number of nitrogens with zero attached hydrogens (tertiary/aromatic N) is 1. The van der Waals surface area contributed by atoms with E-state index in [1.165, 1.54) is 12.1 Å². The molecular formula is C21H26N2O4S. The summed E-state index contributed by atoms with van der Waals surface area (Å²) < 4.78 is 32.7. The number of piperidine rings is 1. The van der Waals surface area contributed by atoms with Gasteiger partial charge in [0.1, 0.15) is 5.75 Å². The first-order chi connectivity index (χ1) is 13.5. The Labute approximate surface area is 166 Å². The van der Waals surface area contributed by atoms with E-state index in [0.717, 1.165) is 18.6 Å². The molecule has 0 saturated carbocycles. The fourth-order valence-corrected chi connectivity index (χ4v) is 4.46. The quantitative estimate of drug-likeness (QED) is 0.773. The Bertz CT molecular complexity index is 900. The number of carbonyl (C=O) groups excluding carboxylic acids is 1.